The van der Waals surface area contributed by atoms with Gasteiger partial charge in [0.1, 0.15) is 5.75 Å². The first kappa shape index (κ1) is 18.1. The SMILES string of the molecule is CCCc1ccc2cc(OC(F)(F)c3ccc(OC)cc3)c(F)cc2c1. The number of hydrogen-bond donors (Lipinski definition) is 0. The van der Waals surface area contributed by atoms with Gasteiger partial charge in [0.2, 0.25) is 0 Å². The highest BCUT2D eigenvalue weighted by molar-refractivity contribution is 5.84. The molecule has 3 aromatic rings. The fraction of sp³-hybridized carbons (Fsp3) is 0.238. The van der Waals surface area contributed by atoms with Gasteiger partial charge in [-0.25, -0.2) is 4.39 Å². The topological polar surface area (TPSA) is 18.5 Å². The Labute approximate surface area is 150 Å². The van der Waals surface area contributed by atoms with Crippen LogP contribution in [0.25, 0.3) is 10.8 Å². The first-order valence-corrected chi connectivity index (χ1v) is 8.36. The van der Waals surface area contributed by atoms with E-state index in [0.29, 0.717) is 16.5 Å². The van der Waals surface area contributed by atoms with E-state index in [1.807, 2.05) is 12.1 Å². The van der Waals surface area contributed by atoms with Crippen LogP contribution in [0.5, 0.6) is 11.5 Å². The number of aryl methyl sites for hydroxylation is 1. The van der Waals surface area contributed by atoms with Crippen molar-refractivity contribution in [3.8, 4) is 11.5 Å². The third-order valence-electron chi connectivity index (χ3n) is 4.16. The number of rotatable bonds is 6. The molecule has 0 spiro atoms. The molecule has 0 amide bonds. The summed E-state index contributed by atoms with van der Waals surface area (Å²) < 4.78 is 52.8. The van der Waals surface area contributed by atoms with Crippen LogP contribution in [0.15, 0.2) is 54.6 Å². The van der Waals surface area contributed by atoms with Gasteiger partial charge in [-0.15, -0.1) is 0 Å². The standard InChI is InChI=1S/C21H19F3O2/c1-3-4-14-5-6-15-13-20(19(22)12-16(15)11-14)26-21(23,24)17-7-9-18(25-2)10-8-17/h5-13H,3-4H2,1-2H3. The molecule has 0 saturated heterocycles. The van der Waals surface area contributed by atoms with E-state index in [2.05, 4.69) is 6.92 Å². The van der Waals surface area contributed by atoms with Gasteiger partial charge in [-0.2, -0.15) is 8.78 Å². The minimum Gasteiger partial charge on any atom is -0.497 e. The van der Waals surface area contributed by atoms with E-state index in [9.17, 15) is 13.2 Å². The maximum absolute atomic E-state index is 14.4. The predicted molar refractivity (Wildman–Crippen MR) is 95.4 cm³/mol. The molecule has 5 heteroatoms. The number of methoxy groups -OCH3 is 1. The molecule has 0 atom stereocenters. The van der Waals surface area contributed by atoms with Crippen LogP contribution < -0.4 is 9.47 Å². The molecule has 0 fully saturated rings. The van der Waals surface area contributed by atoms with Gasteiger partial charge in [-0.05, 0) is 59.2 Å². The summed E-state index contributed by atoms with van der Waals surface area (Å²) in [6.07, 6.45) is -1.81. The molecule has 0 radical (unpaired) electrons. The molecule has 136 valence electrons. The van der Waals surface area contributed by atoms with Gasteiger partial charge < -0.3 is 9.47 Å². The lowest BCUT2D eigenvalue weighted by Crippen LogP contribution is -2.22. The Morgan fingerprint density at radius 2 is 1.65 bits per heavy atom. The maximum atomic E-state index is 14.4. The van der Waals surface area contributed by atoms with E-state index in [0.717, 1.165) is 18.4 Å². The van der Waals surface area contributed by atoms with E-state index < -0.39 is 17.7 Å². The van der Waals surface area contributed by atoms with Gasteiger partial charge in [0.25, 0.3) is 0 Å². The molecule has 0 N–H and O–H groups in total. The van der Waals surface area contributed by atoms with E-state index >= 15 is 0 Å². The van der Waals surface area contributed by atoms with Crippen LogP contribution >= 0.6 is 0 Å². The third-order valence-corrected chi connectivity index (χ3v) is 4.16. The lowest BCUT2D eigenvalue weighted by atomic mass is 10.0. The highest BCUT2D eigenvalue weighted by Gasteiger charge is 2.35. The van der Waals surface area contributed by atoms with E-state index in [1.165, 1.54) is 43.5 Å². The minimum atomic E-state index is -3.66. The van der Waals surface area contributed by atoms with Crippen LogP contribution in [0.1, 0.15) is 24.5 Å². The second-order valence-corrected chi connectivity index (χ2v) is 6.06. The Hall–Kier alpha value is -2.69. The van der Waals surface area contributed by atoms with Crippen molar-refractivity contribution in [1.82, 2.24) is 0 Å². The summed E-state index contributed by atoms with van der Waals surface area (Å²) >= 11 is 0. The molecule has 2 nitrogen and oxygen atoms in total. The van der Waals surface area contributed by atoms with Gasteiger partial charge in [0.15, 0.2) is 11.6 Å². The zero-order chi connectivity index (χ0) is 18.7. The van der Waals surface area contributed by atoms with Crippen LogP contribution in [-0.4, -0.2) is 7.11 Å². The molecule has 0 aliphatic carbocycles. The Balaban J connectivity index is 1.91. The maximum Gasteiger partial charge on any atom is 0.426 e. The molecule has 0 aromatic heterocycles. The number of hydrogen-bond acceptors (Lipinski definition) is 2. The lowest BCUT2D eigenvalue weighted by Gasteiger charge is -2.19. The van der Waals surface area contributed by atoms with Crippen LogP contribution in [0.2, 0.25) is 0 Å². The zero-order valence-corrected chi connectivity index (χ0v) is 14.6. The summed E-state index contributed by atoms with van der Waals surface area (Å²) in [5, 5.41) is 1.31. The summed E-state index contributed by atoms with van der Waals surface area (Å²) in [7, 11) is 1.44. The number of fused-ring (bicyclic) bond motifs is 1. The van der Waals surface area contributed by atoms with Crippen LogP contribution in [0.3, 0.4) is 0 Å². The highest BCUT2D eigenvalue weighted by Crippen LogP contribution is 2.35. The van der Waals surface area contributed by atoms with Crippen LogP contribution in [0.4, 0.5) is 13.2 Å². The van der Waals surface area contributed by atoms with E-state index in [1.54, 1.807) is 6.07 Å². The number of halogens is 3. The average molecular weight is 360 g/mol. The van der Waals surface area contributed by atoms with E-state index in [-0.39, 0.29) is 5.56 Å². The molecule has 0 aliphatic rings. The van der Waals surface area contributed by atoms with Crippen molar-refractivity contribution in [1.29, 1.82) is 0 Å². The number of ether oxygens (including phenoxy) is 2. The van der Waals surface area contributed by atoms with Gasteiger partial charge in [0, 0.05) is 0 Å². The summed E-state index contributed by atoms with van der Waals surface area (Å²) in [5.41, 5.74) is 0.702. The van der Waals surface area contributed by atoms with Crippen molar-refractivity contribution in [3.63, 3.8) is 0 Å². The Bertz CT molecular complexity index is 905. The van der Waals surface area contributed by atoms with Gasteiger partial charge in [-0.3, -0.25) is 0 Å². The molecular formula is C21H19F3O2. The third kappa shape index (κ3) is 3.77. The van der Waals surface area contributed by atoms with Crippen LogP contribution in [-0.2, 0) is 12.5 Å². The summed E-state index contributed by atoms with van der Waals surface area (Å²) in [6.45, 7) is 2.06. The molecule has 3 rings (SSSR count). The molecule has 0 unspecified atom stereocenters. The molecule has 0 bridgehead atoms. The predicted octanol–water partition coefficient (Wildman–Crippen LogP) is 6.07. The molecule has 0 aliphatic heterocycles. The fourth-order valence-electron chi connectivity index (χ4n) is 2.80. The Morgan fingerprint density at radius 1 is 0.923 bits per heavy atom. The van der Waals surface area contributed by atoms with E-state index in [4.69, 9.17) is 9.47 Å². The number of benzene rings is 3. The summed E-state index contributed by atoms with van der Waals surface area (Å²) in [6, 6.07) is 13.3. The molecule has 26 heavy (non-hydrogen) atoms. The smallest absolute Gasteiger partial charge is 0.426 e. The second kappa shape index (κ2) is 7.28. The van der Waals surface area contributed by atoms with Gasteiger partial charge in [0.05, 0.1) is 12.7 Å². The second-order valence-electron chi connectivity index (χ2n) is 6.06. The van der Waals surface area contributed by atoms with Gasteiger partial charge >= 0.3 is 6.11 Å². The average Bonchev–Trinajstić information content (AvgIpc) is 2.62. The van der Waals surface area contributed by atoms with Crippen molar-refractivity contribution in [2.45, 2.75) is 25.9 Å². The summed E-state index contributed by atoms with van der Waals surface area (Å²) in [5.74, 6) is -0.856. The Kier molecular flexibility index (Phi) is 5.07. The molecule has 0 saturated carbocycles. The highest BCUT2D eigenvalue weighted by atomic mass is 19.3. The first-order chi connectivity index (χ1) is 12.4. The Morgan fingerprint density at radius 3 is 2.31 bits per heavy atom. The fourth-order valence-corrected chi connectivity index (χ4v) is 2.80. The van der Waals surface area contributed by atoms with Crippen LogP contribution in [0, 0.1) is 5.82 Å². The molecular weight excluding hydrogens is 341 g/mol. The number of alkyl halides is 2. The lowest BCUT2D eigenvalue weighted by molar-refractivity contribution is -0.186. The van der Waals surface area contributed by atoms with Crippen molar-refractivity contribution in [2.24, 2.45) is 0 Å². The van der Waals surface area contributed by atoms with Crippen molar-refractivity contribution >= 4 is 10.8 Å². The molecule has 3 aromatic carbocycles. The zero-order valence-electron chi connectivity index (χ0n) is 14.6. The van der Waals surface area contributed by atoms with Gasteiger partial charge in [-0.1, -0.05) is 31.5 Å². The van der Waals surface area contributed by atoms with Crippen molar-refractivity contribution < 1.29 is 22.6 Å². The monoisotopic (exact) mass is 360 g/mol. The van der Waals surface area contributed by atoms with Crippen molar-refractivity contribution in [2.75, 3.05) is 7.11 Å². The summed E-state index contributed by atoms with van der Waals surface area (Å²) in [4.78, 5) is 0. The minimum absolute atomic E-state index is 0.379. The first-order valence-electron chi connectivity index (χ1n) is 8.36. The van der Waals surface area contributed by atoms with Crippen molar-refractivity contribution in [3.05, 3.63) is 71.5 Å². The quantitative estimate of drug-likeness (QED) is 0.531. The normalized spacial score (nSPS) is 11.6. The largest absolute Gasteiger partial charge is 0.497 e. The molecule has 0 heterocycles.